The van der Waals surface area contributed by atoms with Gasteiger partial charge in [-0.15, -0.1) is 0 Å². The molecule has 1 aliphatic heterocycles. The minimum absolute atomic E-state index is 0.190. The first-order valence-electron chi connectivity index (χ1n) is 7.42. The summed E-state index contributed by atoms with van der Waals surface area (Å²) in [7, 11) is 0. The van der Waals surface area contributed by atoms with Gasteiger partial charge in [0.2, 0.25) is 0 Å². The van der Waals surface area contributed by atoms with Crippen molar-refractivity contribution in [3.63, 3.8) is 0 Å². The Morgan fingerprint density at radius 3 is 1.95 bits per heavy atom. The minimum atomic E-state index is -0.366. The van der Waals surface area contributed by atoms with Gasteiger partial charge in [-0.3, -0.25) is 0 Å². The number of rotatable bonds is 2. The van der Waals surface area contributed by atoms with E-state index in [4.69, 9.17) is 9.47 Å². The van der Waals surface area contributed by atoms with Crippen LogP contribution in [0.2, 0.25) is 0 Å². The molecular weight excluding hydrogens is 236 g/mol. The predicted molar refractivity (Wildman–Crippen MR) is 81.1 cm³/mol. The maximum Gasteiger partial charge on any atom is 0.162 e. The van der Waals surface area contributed by atoms with Crippen molar-refractivity contribution in [2.75, 3.05) is 13.2 Å². The van der Waals surface area contributed by atoms with Crippen LogP contribution in [0.3, 0.4) is 0 Å². The van der Waals surface area contributed by atoms with Gasteiger partial charge in [0, 0.05) is 5.41 Å². The molecule has 0 atom stereocenters. The van der Waals surface area contributed by atoms with Crippen molar-refractivity contribution in [2.45, 2.75) is 59.2 Å². The Kier molecular flexibility index (Phi) is 6.28. The monoisotopic (exact) mass is 266 g/mol. The maximum absolute atomic E-state index is 5.46. The molecule has 19 heavy (non-hydrogen) atoms. The molecule has 1 saturated heterocycles. The molecule has 0 aromatic heterocycles. The maximum atomic E-state index is 5.46. The zero-order valence-electron chi connectivity index (χ0n) is 13.1. The first kappa shape index (κ1) is 16.5. The van der Waals surface area contributed by atoms with E-state index in [1.807, 2.05) is 19.9 Å². The molecule has 1 saturated carbocycles. The van der Waals surface area contributed by atoms with Crippen molar-refractivity contribution >= 4 is 0 Å². The molecule has 2 heteroatoms. The zero-order chi connectivity index (χ0) is 14.4. The fourth-order valence-corrected chi connectivity index (χ4v) is 2.21. The van der Waals surface area contributed by atoms with Crippen molar-refractivity contribution in [3.8, 4) is 0 Å². The third-order valence-corrected chi connectivity index (χ3v) is 3.54. The summed E-state index contributed by atoms with van der Waals surface area (Å²) in [5.41, 5.74) is 0.190. The van der Waals surface area contributed by atoms with Crippen molar-refractivity contribution in [3.05, 3.63) is 24.8 Å². The normalized spacial score (nSPS) is 25.9. The van der Waals surface area contributed by atoms with Crippen LogP contribution in [0.25, 0.3) is 0 Å². The number of hydrogen-bond donors (Lipinski definition) is 0. The second kappa shape index (κ2) is 7.25. The third kappa shape index (κ3) is 6.93. The van der Waals surface area contributed by atoms with Crippen molar-refractivity contribution in [2.24, 2.45) is 11.3 Å². The molecule has 0 amide bonds. The quantitative estimate of drug-likeness (QED) is 0.674. The smallest absolute Gasteiger partial charge is 0.162 e. The van der Waals surface area contributed by atoms with Gasteiger partial charge >= 0.3 is 0 Å². The summed E-state index contributed by atoms with van der Waals surface area (Å²) in [5.74, 6) is 0.498. The average molecular weight is 266 g/mol. The highest BCUT2D eigenvalue weighted by Gasteiger charge is 2.32. The van der Waals surface area contributed by atoms with E-state index in [-0.39, 0.29) is 11.2 Å². The Hall–Kier alpha value is -0.600. The lowest BCUT2D eigenvalue weighted by molar-refractivity contribution is -0.279. The Balaban J connectivity index is 0.000000191. The lowest BCUT2D eigenvalue weighted by Gasteiger charge is -2.39. The van der Waals surface area contributed by atoms with E-state index in [0.29, 0.717) is 0 Å². The predicted octanol–water partition coefficient (Wildman–Crippen LogP) is 4.71. The minimum Gasteiger partial charge on any atom is -0.350 e. The van der Waals surface area contributed by atoms with Crippen LogP contribution in [-0.2, 0) is 9.47 Å². The van der Waals surface area contributed by atoms with Crippen LogP contribution in [0.5, 0.6) is 0 Å². The molecule has 2 nitrogen and oxygen atoms in total. The second-order valence-electron chi connectivity index (χ2n) is 6.81. The molecule has 0 aromatic carbocycles. The molecule has 2 rings (SSSR count). The summed E-state index contributed by atoms with van der Waals surface area (Å²) in [4.78, 5) is 0. The van der Waals surface area contributed by atoms with E-state index >= 15 is 0 Å². The summed E-state index contributed by atoms with van der Waals surface area (Å²) in [6, 6.07) is 0. The van der Waals surface area contributed by atoms with E-state index in [1.54, 1.807) is 0 Å². The van der Waals surface area contributed by atoms with Crippen LogP contribution in [0.4, 0.5) is 0 Å². The molecule has 1 aliphatic carbocycles. The molecule has 0 unspecified atom stereocenters. The molecule has 110 valence electrons. The topological polar surface area (TPSA) is 18.5 Å². The fourth-order valence-electron chi connectivity index (χ4n) is 2.21. The lowest BCUT2D eigenvalue weighted by Crippen LogP contribution is -2.43. The Bertz CT molecular complexity index is 268. The standard InChI is InChI=1S/C9H14.C8H16O2/c1-2-3-6-9-7-4-5-8-9;1-7(2)5-9-8(3,4)10-6-7/h2-3,6,9H,1,4-5,7-8H2;5-6H2,1-4H3/b6-3+;. The van der Waals surface area contributed by atoms with Gasteiger partial charge in [-0.1, -0.05) is 51.5 Å². The fraction of sp³-hybridized carbons (Fsp3) is 0.765. The Morgan fingerprint density at radius 1 is 1.00 bits per heavy atom. The van der Waals surface area contributed by atoms with E-state index in [1.165, 1.54) is 25.7 Å². The molecular formula is C17H30O2. The van der Waals surface area contributed by atoms with Crippen LogP contribution in [-0.4, -0.2) is 19.0 Å². The van der Waals surface area contributed by atoms with Gasteiger partial charge < -0.3 is 9.47 Å². The third-order valence-electron chi connectivity index (χ3n) is 3.54. The van der Waals surface area contributed by atoms with Gasteiger partial charge in [-0.2, -0.15) is 0 Å². The SMILES string of the molecule is C=C/C=C/C1CCCC1.CC1(C)COC(C)(C)OC1. The number of ether oxygens (including phenoxy) is 2. The van der Waals surface area contributed by atoms with Gasteiger partial charge in [0.05, 0.1) is 13.2 Å². The molecule has 0 spiro atoms. The van der Waals surface area contributed by atoms with Gasteiger partial charge in [0.15, 0.2) is 5.79 Å². The highest BCUT2D eigenvalue weighted by molar-refractivity contribution is 5.00. The van der Waals surface area contributed by atoms with E-state index in [0.717, 1.165) is 19.1 Å². The van der Waals surface area contributed by atoms with Gasteiger partial charge in [-0.25, -0.2) is 0 Å². The molecule has 2 fully saturated rings. The molecule has 0 N–H and O–H groups in total. The average Bonchev–Trinajstić information content (AvgIpc) is 2.85. The van der Waals surface area contributed by atoms with Crippen LogP contribution in [0.1, 0.15) is 53.4 Å². The van der Waals surface area contributed by atoms with Gasteiger partial charge in [-0.05, 0) is 32.6 Å². The lowest BCUT2D eigenvalue weighted by atomic mass is 9.95. The largest absolute Gasteiger partial charge is 0.350 e. The van der Waals surface area contributed by atoms with Gasteiger partial charge in [0.25, 0.3) is 0 Å². The van der Waals surface area contributed by atoms with Crippen LogP contribution in [0, 0.1) is 11.3 Å². The highest BCUT2D eigenvalue weighted by Crippen LogP contribution is 2.28. The first-order valence-corrected chi connectivity index (χ1v) is 7.42. The zero-order valence-corrected chi connectivity index (χ0v) is 13.1. The molecule has 0 bridgehead atoms. The summed E-state index contributed by atoms with van der Waals surface area (Å²) in [5, 5.41) is 0. The van der Waals surface area contributed by atoms with E-state index in [2.05, 4.69) is 32.6 Å². The molecule has 0 radical (unpaired) electrons. The number of allylic oxidation sites excluding steroid dienone is 3. The van der Waals surface area contributed by atoms with E-state index < -0.39 is 0 Å². The van der Waals surface area contributed by atoms with Crippen LogP contribution >= 0.6 is 0 Å². The molecule has 0 aromatic rings. The van der Waals surface area contributed by atoms with Crippen molar-refractivity contribution in [1.29, 1.82) is 0 Å². The van der Waals surface area contributed by atoms with Gasteiger partial charge in [0.1, 0.15) is 0 Å². The summed E-state index contributed by atoms with van der Waals surface area (Å²) in [6.45, 7) is 13.4. The summed E-state index contributed by atoms with van der Waals surface area (Å²) >= 11 is 0. The summed E-state index contributed by atoms with van der Waals surface area (Å²) < 4.78 is 10.9. The first-order chi connectivity index (χ1) is 8.85. The Morgan fingerprint density at radius 2 is 1.53 bits per heavy atom. The van der Waals surface area contributed by atoms with Crippen LogP contribution < -0.4 is 0 Å². The summed E-state index contributed by atoms with van der Waals surface area (Å²) in [6.07, 6.45) is 11.8. The molecule has 2 aliphatic rings. The van der Waals surface area contributed by atoms with Crippen LogP contribution in [0.15, 0.2) is 24.8 Å². The highest BCUT2D eigenvalue weighted by atomic mass is 16.7. The van der Waals surface area contributed by atoms with Crippen molar-refractivity contribution in [1.82, 2.24) is 0 Å². The van der Waals surface area contributed by atoms with Crippen molar-refractivity contribution < 1.29 is 9.47 Å². The second-order valence-corrected chi connectivity index (χ2v) is 6.81. The Labute approximate surface area is 118 Å². The molecule has 1 heterocycles. The number of hydrogen-bond acceptors (Lipinski definition) is 2. The van der Waals surface area contributed by atoms with E-state index in [9.17, 15) is 0 Å².